The van der Waals surface area contributed by atoms with Gasteiger partial charge in [0.05, 0.1) is 11.2 Å². The van der Waals surface area contributed by atoms with E-state index >= 15 is 0 Å². The first-order valence-corrected chi connectivity index (χ1v) is 8.20. The van der Waals surface area contributed by atoms with Gasteiger partial charge in [-0.1, -0.05) is 11.6 Å². The second kappa shape index (κ2) is 6.21. The molecular formula is C16H24BClN2O4. The van der Waals surface area contributed by atoms with Crippen molar-refractivity contribution < 1.29 is 18.8 Å². The van der Waals surface area contributed by atoms with E-state index in [4.69, 9.17) is 25.6 Å². The molecule has 0 radical (unpaired) electrons. The summed E-state index contributed by atoms with van der Waals surface area (Å²) >= 11 is 6.32. The highest BCUT2D eigenvalue weighted by atomic mass is 35.5. The lowest BCUT2D eigenvalue weighted by Crippen LogP contribution is -2.41. The largest absolute Gasteiger partial charge is 0.497 e. The Labute approximate surface area is 148 Å². The number of carbonyl (C=O) groups is 1. The van der Waals surface area contributed by atoms with Crippen molar-refractivity contribution in [1.82, 2.24) is 4.98 Å². The van der Waals surface area contributed by atoms with Gasteiger partial charge in [0.25, 0.3) is 0 Å². The van der Waals surface area contributed by atoms with E-state index in [1.54, 1.807) is 26.8 Å². The zero-order valence-corrected chi connectivity index (χ0v) is 15.9. The molecule has 0 spiro atoms. The van der Waals surface area contributed by atoms with Crippen LogP contribution in [0.15, 0.2) is 12.3 Å². The van der Waals surface area contributed by atoms with Crippen molar-refractivity contribution in [2.24, 2.45) is 0 Å². The summed E-state index contributed by atoms with van der Waals surface area (Å²) in [5, 5.41) is 2.95. The van der Waals surface area contributed by atoms with Crippen molar-refractivity contribution in [2.45, 2.75) is 65.3 Å². The third-order valence-electron chi connectivity index (χ3n) is 4.02. The molecule has 0 bridgehead atoms. The van der Waals surface area contributed by atoms with E-state index in [1.807, 2.05) is 27.7 Å². The molecule has 1 aliphatic heterocycles. The fourth-order valence-electron chi connectivity index (χ4n) is 2.06. The summed E-state index contributed by atoms with van der Waals surface area (Å²) in [5.74, 6) is 0.300. The minimum absolute atomic E-state index is 0.300. The second-order valence-electron chi connectivity index (χ2n) is 7.81. The Bertz CT molecular complexity index is 627. The smallest absolute Gasteiger partial charge is 0.444 e. The van der Waals surface area contributed by atoms with Gasteiger partial charge in [-0.3, -0.25) is 5.32 Å². The van der Waals surface area contributed by atoms with Crippen molar-refractivity contribution in [2.75, 3.05) is 5.32 Å². The van der Waals surface area contributed by atoms with Crippen LogP contribution in [0, 0.1) is 0 Å². The molecule has 1 fully saturated rings. The maximum Gasteiger partial charge on any atom is 0.497 e. The molecule has 1 N–H and O–H groups in total. The van der Waals surface area contributed by atoms with Crippen LogP contribution in [-0.4, -0.2) is 35.0 Å². The molecule has 8 heteroatoms. The molecular weight excluding hydrogens is 330 g/mol. The van der Waals surface area contributed by atoms with Crippen LogP contribution in [0.3, 0.4) is 0 Å². The fourth-order valence-corrected chi connectivity index (χ4v) is 2.30. The van der Waals surface area contributed by atoms with Gasteiger partial charge in [0.1, 0.15) is 11.4 Å². The van der Waals surface area contributed by atoms with Crippen LogP contribution < -0.4 is 10.8 Å². The van der Waals surface area contributed by atoms with Crippen LogP contribution in [0.4, 0.5) is 10.6 Å². The van der Waals surface area contributed by atoms with Crippen molar-refractivity contribution in [3.63, 3.8) is 0 Å². The number of pyridine rings is 1. The minimum atomic E-state index is -0.606. The number of nitrogens with zero attached hydrogens (tertiary/aromatic N) is 1. The van der Waals surface area contributed by atoms with Gasteiger partial charge in [0.15, 0.2) is 0 Å². The zero-order chi connectivity index (χ0) is 18.3. The van der Waals surface area contributed by atoms with E-state index in [1.165, 1.54) is 6.20 Å². The Morgan fingerprint density at radius 3 is 2.25 bits per heavy atom. The van der Waals surface area contributed by atoms with Crippen molar-refractivity contribution in [1.29, 1.82) is 0 Å². The van der Waals surface area contributed by atoms with E-state index < -0.39 is 30.0 Å². The molecule has 0 saturated carbocycles. The van der Waals surface area contributed by atoms with Gasteiger partial charge in [0.2, 0.25) is 0 Å². The average molecular weight is 355 g/mol. The van der Waals surface area contributed by atoms with Crippen LogP contribution in [0.1, 0.15) is 48.5 Å². The Hall–Kier alpha value is -1.31. The Kier molecular flexibility index (Phi) is 4.92. The monoisotopic (exact) mass is 354 g/mol. The highest BCUT2D eigenvalue weighted by Gasteiger charge is 2.52. The van der Waals surface area contributed by atoms with Gasteiger partial charge in [-0.2, -0.15) is 0 Å². The lowest BCUT2D eigenvalue weighted by Gasteiger charge is -2.32. The Balaban J connectivity index is 2.13. The van der Waals surface area contributed by atoms with Crippen LogP contribution in [0.25, 0.3) is 0 Å². The molecule has 24 heavy (non-hydrogen) atoms. The van der Waals surface area contributed by atoms with E-state index in [9.17, 15) is 4.79 Å². The summed E-state index contributed by atoms with van der Waals surface area (Å²) in [7, 11) is -0.606. The standard InChI is InChI=1S/C16H24BClN2O4/c1-14(2,3)22-13(21)20-12-8-11(18)10(9-19-12)17-23-15(4,5)16(6,7)24-17/h8-9H,1-7H3,(H,19,20,21). The third kappa shape index (κ3) is 4.20. The highest BCUT2D eigenvalue weighted by molar-refractivity contribution is 6.65. The van der Waals surface area contributed by atoms with Crippen LogP contribution in [-0.2, 0) is 14.0 Å². The summed E-state index contributed by atoms with van der Waals surface area (Å²) < 4.78 is 17.1. The zero-order valence-electron chi connectivity index (χ0n) is 15.2. The number of ether oxygens (including phenoxy) is 1. The van der Waals surface area contributed by atoms with Gasteiger partial charge >= 0.3 is 13.2 Å². The summed E-state index contributed by atoms with van der Waals surface area (Å²) in [6.45, 7) is 13.2. The highest BCUT2D eigenvalue weighted by Crippen LogP contribution is 2.37. The van der Waals surface area contributed by atoms with E-state index in [-0.39, 0.29) is 0 Å². The summed E-state index contributed by atoms with van der Waals surface area (Å²) in [6, 6.07) is 1.55. The normalized spacial score (nSPS) is 19.2. The molecule has 2 rings (SSSR count). The second-order valence-corrected chi connectivity index (χ2v) is 8.21. The number of amides is 1. The molecule has 0 aliphatic carbocycles. The summed E-state index contributed by atoms with van der Waals surface area (Å²) in [6.07, 6.45) is 0.950. The number of hydrogen-bond acceptors (Lipinski definition) is 5. The first-order chi connectivity index (χ1) is 10.8. The maximum atomic E-state index is 11.8. The van der Waals surface area contributed by atoms with Crippen LogP contribution in [0.5, 0.6) is 0 Å². The van der Waals surface area contributed by atoms with Crippen LogP contribution in [0.2, 0.25) is 5.02 Å². The molecule has 0 atom stereocenters. The number of aromatic nitrogens is 1. The van der Waals surface area contributed by atoms with Crippen LogP contribution >= 0.6 is 11.6 Å². The average Bonchev–Trinajstić information content (AvgIpc) is 2.55. The molecule has 132 valence electrons. The number of rotatable bonds is 2. The number of hydrogen-bond donors (Lipinski definition) is 1. The maximum absolute atomic E-state index is 11.8. The number of nitrogens with one attached hydrogen (secondary N) is 1. The van der Waals surface area contributed by atoms with Crippen molar-refractivity contribution >= 4 is 36.1 Å². The van der Waals surface area contributed by atoms with Crippen molar-refractivity contribution in [3.05, 3.63) is 17.3 Å². The lowest BCUT2D eigenvalue weighted by atomic mass is 9.80. The summed E-state index contributed by atoms with van der Waals surface area (Å²) in [5.41, 5.74) is -0.899. The first-order valence-electron chi connectivity index (χ1n) is 7.82. The lowest BCUT2D eigenvalue weighted by molar-refractivity contribution is 0.00578. The van der Waals surface area contributed by atoms with Crippen molar-refractivity contribution in [3.8, 4) is 0 Å². The fraction of sp³-hybridized carbons (Fsp3) is 0.625. The Morgan fingerprint density at radius 2 is 1.79 bits per heavy atom. The molecule has 1 amide bonds. The van der Waals surface area contributed by atoms with E-state index in [0.29, 0.717) is 16.3 Å². The predicted molar refractivity (Wildman–Crippen MR) is 94.8 cm³/mol. The quantitative estimate of drug-likeness (QED) is 0.825. The first kappa shape index (κ1) is 19.0. The van der Waals surface area contributed by atoms with Gasteiger partial charge in [0, 0.05) is 16.7 Å². The molecule has 1 aromatic rings. The molecule has 2 heterocycles. The Morgan fingerprint density at radius 1 is 1.25 bits per heavy atom. The molecule has 1 aliphatic rings. The predicted octanol–water partition coefficient (Wildman–Crippen LogP) is 3.38. The van der Waals surface area contributed by atoms with E-state index in [2.05, 4.69) is 10.3 Å². The number of anilines is 1. The summed E-state index contributed by atoms with van der Waals surface area (Å²) in [4.78, 5) is 16.0. The van der Waals surface area contributed by atoms with Gasteiger partial charge in [-0.15, -0.1) is 0 Å². The third-order valence-corrected chi connectivity index (χ3v) is 4.35. The van der Waals surface area contributed by atoms with Gasteiger partial charge in [-0.25, -0.2) is 9.78 Å². The van der Waals surface area contributed by atoms with Gasteiger partial charge < -0.3 is 14.0 Å². The molecule has 0 unspecified atom stereocenters. The topological polar surface area (TPSA) is 69.7 Å². The molecule has 6 nitrogen and oxygen atoms in total. The number of carbonyl (C=O) groups excluding carboxylic acids is 1. The number of halogens is 1. The minimum Gasteiger partial charge on any atom is -0.444 e. The molecule has 0 aromatic carbocycles. The SMILES string of the molecule is CC(C)(C)OC(=O)Nc1cc(Cl)c(B2OC(C)(C)C(C)(C)O2)cn1. The molecule has 1 saturated heterocycles. The molecule has 1 aromatic heterocycles. The van der Waals surface area contributed by atoms with Gasteiger partial charge in [-0.05, 0) is 54.5 Å². The van der Waals surface area contributed by atoms with E-state index in [0.717, 1.165) is 0 Å².